The van der Waals surface area contributed by atoms with Gasteiger partial charge in [-0.05, 0) is 31.9 Å². The first kappa shape index (κ1) is 19.2. The molecule has 0 unspecified atom stereocenters. The molecule has 27 heavy (non-hydrogen) atoms. The average molecular weight is 369 g/mol. The minimum absolute atomic E-state index is 0.0653. The van der Waals surface area contributed by atoms with Crippen molar-refractivity contribution in [3.8, 4) is 11.5 Å². The predicted molar refractivity (Wildman–Crippen MR) is 104 cm³/mol. The van der Waals surface area contributed by atoms with E-state index in [2.05, 4.69) is 17.2 Å². The van der Waals surface area contributed by atoms with Crippen LogP contribution in [-0.2, 0) is 22.5 Å². The summed E-state index contributed by atoms with van der Waals surface area (Å²) in [5.41, 5.74) is 2.69. The Labute approximate surface area is 160 Å². The zero-order valence-electron chi connectivity index (χ0n) is 16.2. The van der Waals surface area contributed by atoms with Gasteiger partial charge in [-0.25, -0.2) is 9.97 Å². The minimum atomic E-state index is 0.0653. The summed E-state index contributed by atoms with van der Waals surface area (Å²) in [6.45, 7) is 8.28. The van der Waals surface area contributed by atoms with Crippen molar-refractivity contribution in [1.29, 1.82) is 0 Å². The maximum absolute atomic E-state index is 11.8. The molecule has 0 fully saturated rings. The summed E-state index contributed by atoms with van der Waals surface area (Å²) in [5.74, 6) is 1.46. The molecule has 3 heterocycles. The lowest BCUT2D eigenvalue weighted by Gasteiger charge is -2.29. The van der Waals surface area contributed by atoms with Crippen LogP contribution < -0.4 is 5.32 Å². The average Bonchev–Trinajstić information content (AvgIpc) is 2.70. The van der Waals surface area contributed by atoms with Crippen molar-refractivity contribution >= 4 is 11.7 Å². The first-order valence-electron chi connectivity index (χ1n) is 9.54. The summed E-state index contributed by atoms with van der Waals surface area (Å²) in [7, 11) is 0. The molecule has 1 aliphatic heterocycles. The Morgan fingerprint density at radius 2 is 2.19 bits per heavy atom. The van der Waals surface area contributed by atoms with Gasteiger partial charge < -0.3 is 15.0 Å². The Hall–Kier alpha value is -2.54. The minimum Gasteiger partial charge on any atom is -0.377 e. The largest absolute Gasteiger partial charge is 0.377 e. The number of rotatable bonds is 7. The lowest BCUT2D eigenvalue weighted by Crippen LogP contribution is -2.36. The van der Waals surface area contributed by atoms with Crippen molar-refractivity contribution in [3.63, 3.8) is 0 Å². The zero-order valence-corrected chi connectivity index (χ0v) is 16.2. The molecule has 1 atom stereocenters. The highest BCUT2D eigenvalue weighted by atomic mass is 16.5. The Morgan fingerprint density at radius 3 is 2.85 bits per heavy atom. The summed E-state index contributed by atoms with van der Waals surface area (Å²) in [5, 5.41) is 3.46. The van der Waals surface area contributed by atoms with Crippen molar-refractivity contribution in [2.24, 2.45) is 0 Å². The number of amides is 1. The molecular weight excluding hydrogens is 342 g/mol. The van der Waals surface area contributed by atoms with Crippen LogP contribution in [0.1, 0.15) is 38.4 Å². The number of nitrogens with zero attached hydrogens (tertiary/aromatic N) is 4. The van der Waals surface area contributed by atoms with Crippen molar-refractivity contribution < 1.29 is 9.53 Å². The fourth-order valence-electron chi connectivity index (χ4n) is 3.22. The van der Waals surface area contributed by atoms with Gasteiger partial charge in [0, 0.05) is 38.4 Å². The van der Waals surface area contributed by atoms with Crippen LogP contribution in [0.4, 0.5) is 5.82 Å². The third-order valence-corrected chi connectivity index (χ3v) is 4.76. The molecule has 1 aliphatic rings. The second kappa shape index (κ2) is 8.90. The SMILES string of the molecule is CCO[C@@H](CC)CNc1nc(-c2ccccn2)nc2c1CCN(C(C)=O)C2. The molecule has 1 amide bonds. The van der Waals surface area contributed by atoms with Gasteiger partial charge in [0.1, 0.15) is 11.5 Å². The Bertz CT molecular complexity index is 781. The molecule has 0 spiro atoms. The maximum atomic E-state index is 11.8. The lowest BCUT2D eigenvalue weighted by molar-refractivity contribution is -0.129. The second-order valence-electron chi connectivity index (χ2n) is 6.59. The number of aromatic nitrogens is 3. The highest BCUT2D eigenvalue weighted by Gasteiger charge is 2.24. The molecule has 2 aromatic rings. The highest BCUT2D eigenvalue weighted by molar-refractivity contribution is 5.74. The summed E-state index contributed by atoms with van der Waals surface area (Å²) < 4.78 is 5.75. The molecule has 0 bridgehead atoms. The van der Waals surface area contributed by atoms with Gasteiger partial charge in [-0.15, -0.1) is 0 Å². The van der Waals surface area contributed by atoms with Gasteiger partial charge >= 0.3 is 0 Å². The standard InChI is InChI=1S/C20H27N5O2/c1-4-15(27-5-2)12-22-19-16-9-11-25(14(3)26)13-18(16)23-20(24-19)17-8-6-7-10-21-17/h6-8,10,15H,4-5,9,11-13H2,1-3H3,(H,22,23,24)/t15-/m0/s1. The van der Waals surface area contributed by atoms with Gasteiger partial charge in [0.05, 0.1) is 18.3 Å². The first-order valence-corrected chi connectivity index (χ1v) is 9.54. The predicted octanol–water partition coefficient (Wildman–Crippen LogP) is 2.67. The van der Waals surface area contributed by atoms with Gasteiger partial charge in [0.25, 0.3) is 0 Å². The molecule has 144 valence electrons. The van der Waals surface area contributed by atoms with E-state index in [-0.39, 0.29) is 12.0 Å². The summed E-state index contributed by atoms with van der Waals surface area (Å²) in [6, 6.07) is 5.68. The molecule has 1 N–H and O–H groups in total. The molecule has 0 saturated carbocycles. The van der Waals surface area contributed by atoms with Crippen molar-refractivity contribution in [3.05, 3.63) is 35.7 Å². The van der Waals surface area contributed by atoms with Crippen molar-refractivity contribution in [2.45, 2.75) is 46.3 Å². The number of hydrogen-bond acceptors (Lipinski definition) is 6. The number of ether oxygens (including phenoxy) is 1. The van der Waals surface area contributed by atoms with Crippen molar-refractivity contribution in [1.82, 2.24) is 19.9 Å². The first-order chi connectivity index (χ1) is 13.1. The van der Waals surface area contributed by atoms with Crippen LogP contribution in [0, 0.1) is 0 Å². The van der Waals surface area contributed by atoms with Crippen LogP contribution in [-0.4, -0.2) is 51.6 Å². The number of carbonyl (C=O) groups is 1. The molecule has 3 rings (SSSR count). The third kappa shape index (κ3) is 4.60. The topological polar surface area (TPSA) is 80.2 Å². The smallest absolute Gasteiger partial charge is 0.219 e. The number of nitrogens with one attached hydrogen (secondary N) is 1. The van der Waals surface area contributed by atoms with Crippen LogP contribution in [0.5, 0.6) is 0 Å². The lowest BCUT2D eigenvalue weighted by atomic mass is 10.0. The van der Waals surface area contributed by atoms with E-state index in [4.69, 9.17) is 14.7 Å². The van der Waals surface area contributed by atoms with Gasteiger partial charge in [-0.1, -0.05) is 13.0 Å². The van der Waals surface area contributed by atoms with E-state index in [0.717, 1.165) is 35.6 Å². The van der Waals surface area contributed by atoms with E-state index in [0.29, 0.717) is 32.1 Å². The fourth-order valence-corrected chi connectivity index (χ4v) is 3.22. The maximum Gasteiger partial charge on any atom is 0.219 e. The van der Waals surface area contributed by atoms with Gasteiger partial charge in [-0.2, -0.15) is 0 Å². The molecule has 7 heteroatoms. The van der Waals surface area contributed by atoms with Crippen molar-refractivity contribution in [2.75, 3.05) is 25.0 Å². The van der Waals surface area contributed by atoms with E-state index < -0.39 is 0 Å². The zero-order chi connectivity index (χ0) is 19.2. The van der Waals surface area contributed by atoms with Gasteiger partial charge in [0.2, 0.25) is 5.91 Å². The summed E-state index contributed by atoms with van der Waals surface area (Å²) >= 11 is 0. The summed E-state index contributed by atoms with van der Waals surface area (Å²) in [4.78, 5) is 27.5. The Kier molecular flexibility index (Phi) is 6.34. The fraction of sp³-hybridized carbons (Fsp3) is 0.500. The van der Waals surface area contributed by atoms with E-state index in [1.165, 1.54) is 0 Å². The van der Waals surface area contributed by atoms with Crippen LogP contribution in [0.2, 0.25) is 0 Å². The van der Waals surface area contributed by atoms with E-state index in [1.807, 2.05) is 30.0 Å². The number of pyridine rings is 1. The molecule has 7 nitrogen and oxygen atoms in total. The molecule has 0 aliphatic carbocycles. The number of anilines is 1. The molecule has 0 radical (unpaired) electrons. The molecule has 2 aromatic heterocycles. The quantitative estimate of drug-likeness (QED) is 0.808. The Balaban J connectivity index is 1.93. The second-order valence-corrected chi connectivity index (χ2v) is 6.59. The van der Waals surface area contributed by atoms with E-state index >= 15 is 0 Å². The molecule has 0 aromatic carbocycles. The monoisotopic (exact) mass is 369 g/mol. The Morgan fingerprint density at radius 1 is 1.33 bits per heavy atom. The summed E-state index contributed by atoms with van der Waals surface area (Å²) in [6.07, 6.45) is 3.54. The van der Waals surface area contributed by atoms with Crippen LogP contribution in [0.25, 0.3) is 11.5 Å². The van der Waals surface area contributed by atoms with Gasteiger partial charge in [0.15, 0.2) is 5.82 Å². The van der Waals surface area contributed by atoms with Crippen LogP contribution >= 0.6 is 0 Å². The molecule has 0 saturated heterocycles. The number of carbonyl (C=O) groups excluding carboxylic acids is 1. The van der Waals surface area contributed by atoms with E-state index in [9.17, 15) is 4.79 Å². The number of fused-ring (bicyclic) bond motifs is 1. The van der Waals surface area contributed by atoms with Crippen LogP contribution in [0.15, 0.2) is 24.4 Å². The normalized spacial score (nSPS) is 14.6. The van der Waals surface area contributed by atoms with E-state index in [1.54, 1.807) is 13.1 Å². The van der Waals surface area contributed by atoms with Crippen LogP contribution in [0.3, 0.4) is 0 Å². The molecular formula is C20H27N5O2. The third-order valence-electron chi connectivity index (χ3n) is 4.76. The highest BCUT2D eigenvalue weighted by Crippen LogP contribution is 2.26. The van der Waals surface area contributed by atoms with Gasteiger partial charge in [-0.3, -0.25) is 9.78 Å². The number of hydrogen-bond donors (Lipinski definition) is 1.